The monoisotopic (exact) mass is 632 g/mol. The average Bonchev–Trinajstić information content (AvgIpc) is 3.59. The highest BCUT2D eigenvalue weighted by atomic mass is 35.5. The average molecular weight is 633 g/mol. The van der Waals surface area contributed by atoms with Crippen LogP contribution in [0, 0.1) is 0 Å². The van der Waals surface area contributed by atoms with Crippen LogP contribution in [0.2, 0.25) is 5.15 Å². The second-order valence-electron chi connectivity index (χ2n) is 12.8. The Bertz CT molecular complexity index is 3130. The summed E-state index contributed by atoms with van der Waals surface area (Å²) in [5.74, 6) is 0. The minimum Gasteiger partial charge on any atom is -0.343 e. The Hall–Kier alpha value is -5.97. The van der Waals surface area contributed by atoms with Gasteiger partial charge >= 0.3 is 0 Å². The maximum atomic E-state index is 6.75. The van der Waals surface area contributed by atoms with Gasteiger partial charge in [-0.2, -0.15) is 0 Å². The number of aryl methyl sites for hydroxylation is 1. The molecule has 5 heteroatoms. The number of hydrogen-bond acceptors (Lipinski definition) is 2. The lowest BCUT2D eigenvalue weighted by Gasteiger charge is -2.11. The smallest absolute Gasteiger partial charge is 0.156 e. The largest absolute Gasteiger partial charge is 0.343 e. The number of nitrogens with zero attached hydrogens (tertiary/aromatic N) is 4. The lowest BCUT2D eigenvalue weighted by atomic mass is 9.97. The predicted octanol–water partition coefficient (Wildman–Crippen LogP) is 11.6. The third kappa shape index (κ3) is 3.30. The van der Waals surface area contributed by atoms with Crippen LogP contribution < -0.4 is 0 Å². The van der Waals surface area contributed by atoms with Gasteiger partial charge in [0.25, 0.3) is 0 Å². The second kappa shape index (κ2) is 9.31. The molecular weight excluding hydrogens is 608 g/mol. The van der Waals surface area contributed by atoms with Gasteiger partial charge in [-0.15, -0.1) is 0 Å². The molecule has 48 heavy (non-hydrogen) atoms. The molecule has 11 aromatic rings. The van der Waals surface area contributed by atoms with Gasteiger partial charge in [-0.1, -0.05) is 115 Å². The fourth-order valence-corrected chi connectivity index (χ4v) is 8.53. The summed E-state index contributed by atoms with van der Waals surface area (Å²) in [5.41, 5.74) is 11.6. The highest BCUT2D eigenvalue weighted by Crippen LogP contribution is 2.47. The van der Waals surface area contributed by atoms with Crippen molar-refractivity contribution in [3.63, 3.8) is 0 Å². The van der Waals surface area contributed by atoms with Crippen LogP contribution in [0.5, 0.6) is 0 Å². The fourth-order valence-electron chi connectivity index (χ4n) is 8.29. The van der Waals surface area contributed by atoms with Crippen LogP contribution >= 0.6 is 11.6 Å². The van der Waals surface area contributed by atoms with Gasteiger partial charge in [0.1, 0.15) is 5.69 Å². The molecule has 0 saturated carbocycles. The highest BCUT2D eigenvalue weighted by Gasteiger charge is 2.24. The van der Waals surface area contributed by atoms with Crippen molar-refractivity contribution in [2.24, 2.45) is 7.05 Å². The van der Waals surface area contributed by atoms with Crippen LogP contribution in [0.1, 0.15) is 0 Å². The van der Waals surface area contributed by atoms with E-state index in [2.05, 4.69) is 119 Å². The number of rotatable bonds is 2. The molecule has 7 aromatic carbocycles. The lowest BCUT2D eigenvalue weighted by molar-refractivity contribution is 1.02. The number of fused-ring (bicyclic) bond motifs is 9. The first-order valence-electron chi connectivity index (χ1n) is 16.2. The van der Waals surface area contributed by atoms with E-state index >= 15 is 0 Å². The summed E-state index contributed by atoms with van der Waals surface area (Å²) in [5, 5.41) is 10.6. The number of halogens is 1. The van der Waals surface area contributed by atoms with Gasteiger partial charge in [0, 0.05) is 45.1 Å². The Morgan fingerprint density at radius 1 is 0.500 bits per heavy atom. The van der Waals surface area contributed by atoms with Crippen LogP contribution in [-0.2, 0) is 7.05 Å². The summed E-state index contributed by atoms with van der Waals surface area (Å²) in [4.78, 5) is 9.77. The molecule has 0 radical (unpaired) electrons. The van der Waals surface area contributed by atoms with Gasteiger partial charge in [-0.25, -0.2) is 9.97 Å². The van der Waals surface area contributed by atoms with E-state index in [1.54, 1.807) is 0 Å². The Balaban J connectivity index is 1.28. The summed E-state index contributed by atoms with van der Waals surface area (Å²) >= 11 is 6.75. The second-order valence-corrected chi connectivity index (χ2v) is 13.1. The quantitative estimate of drug-likeness (QED) is 0.190. The molecule has 0 fully saturated rings. The predicted molar refractivity (Wildman–Crippen MR) is 202 cm³/mol. The van der Waals surface area contributed by atoms with Gasteiger partial charge in [-0.3, -0.25) is 0 Å². The molecule has 0 amide bonds. The van der Waals surface area contributed by atoms with Crippen molar-refractivity contribution in [3.05, 3.63) is 139 Å². The molecule has 4 heterocycles. The molecule has 0 aliphatic rings. The van der Waals surface area contributed by atoms with E-state index in [9.17, 15) is 0 Å². The van der Waals surface area contributed by atoms with E-state index in [0.717, 1.165) is 27.7 Å². The molecule has 4 nitrogen and oxygen atoms in total. The standard InChI is InChI=1S/C43H25ClN4/c1-47-35-22-19-31-37-27-12-6-5-9-24(27)16-21-36(37)48-34-14-8-7-13-29(34)30-18-17-28(41(47)38(30)39(35)42(31)48)26-15-20-32-33(23-26)46-43(44)40(45-32)25-10-3-2-4-11-25/h2-23H,1H3. The van der Waals surface area contributed by atoms with E-state index in [1.807, 2.05) is 30.3 Å². The van der Waals surface area contributed by atoms with Crippen molar-refractivity contribution >= 4 is 93.3 Å². The zero-order valence-corrected chi connectivity index (χ0v) is 26.6. The zero-order chi connectivity index (χ0) is 31.7. The van der Waals surface area contributed by atoms with Gasteiger partial charge in [0.05, 0.1) is 38.6 Å². The molecule has 0 bridgehead atoms. The van der Waals surface area contributed by atoms with Crippen molar-refractivity contribution in [1.82, 2.24) is 18.9 Å². The first kappa shape index (κ1) is 26.1. The van der Waals surface area contributed by atoms with Crippen molar-refractivity contribution in [2.75, 3.05) is 0 Å². The van der Waals surface area contributed by atoms with E-state index in [0.29, 0.717) is 10.8 Å². The summed E-state index contributed by atoms with van der Waals surface area (Å²) < 4.78 is 4.88. The summed E-state index contributed by atoms with van der Waals surface area (Å²) in [7, 11) is 2.20. The number of aromatic nitrogens is 4. The normalized spacial score (nSPS) is 12.4. The maximum absolute atomic E-state index is 6.75. The molecule has 11 rings (SSSR count). The van der Waals surface area contributed by atoms with Crippen LogP contribution in [0.15, 0.2) is 133 Å². The number of benzene rings is 7. The molecular formula is C43H25ClN4. The molecule has 0 atom stereocenters. The minimum absolute atomic E-state index is 0.404. The van der Waals surface area contributed by atoms with E-state index in [-0.39, 0.29) is 0 Å². The number of para-hydroxylation sites is 1. The molecule has 4 aromatic heterocycles. The zero-order valence-electron chi connectivity index (χ0n) is 25.9. The van der Waals surface area contributed by atoms with E-state index < -0.39 is 0 Å². The molecule has 0 unspecified atom stereocenters. The Labute approximate surface area is 279 Å². The van der Waals surface area contributed by atoms with Crippen molar-refractivity contribution < 1.29 is 0 Å². The van der Waals surface area contributed by atoms with Crippen LogP contribution in [0.25, 0.3) is 104 Å². The van der Waals surface area contributed by atoms with Crippen molar-refractivity contribution in [3.8, 4) is 22.4 Å². The molecule has 0 spiro atoms. The third-order valence-electron chi connectivity index (χ3n) is 10.3. The van der Waals surface area contributed by atoms with Crippen LogP contribution in [0.3, 0.4) is 0 Å². The first-order chi connectivity index (χ1) is 23.7. The molecule has 0 saturated heterocycles. The summed E-state index contributed by atoms with van der Waals surface area (Å²) in [6, 6.07) is 47.7. The molecule has 0 aliphatic heterocycles. The topological polar surface area (TPSA) is 35.1 Å². The van der Waals surface area contributed by atoms with E-state index in [1.165, 1.54) is 70.7 Å². The lowest BCUT2D eigenvalue weighted by Crippen LogP contribution is -1.94. The van der Waals surface area contributed by atoms with Crippen LogP contribution in [0.4, 0.5) is 0 Å². The molecule has 0 N–H and O–H groups in total. The number of hydrogen-bond donors (Lipinski definition) is 0. The van der Waals surface area contributed by atoms with Crippen LogP contribution in [-0.4, -0.2) is 18.9 Å². The molecule has 224 valence electrons. The highest BCUT2D eigenvalue weighted by molar-refractivity contribution is 6.36. The third-order valence-corrected chi connectivity index (χ3v) is 10.6. The van der Waals surface area contributed by atoms with Gasteiger partial charge in [0.15, 0.2) is 5.15 Å². The Morgan fingerprint density at radius 3 is 2.17 bits per heavy atom. The maximum Gasteiger partial charge on any atom is 0.156 e. The Morgan fingerprint density at radius 2 is 1.27 bits per heavy atom. The van der Waals surface area contributed by atoms with Gasteiger partial charge in [0.2, 0.25) is 0 Å². The minimum atomic E-state index is 0.404. The van der Waals surface area contributed by atoms with Crippen molar-refractivity contribution in [1.29, 1.82) is 0 Å². The molecule has 0 aliphatic carbocycles. The first-order valence-corrected chi connectivity index (χ1v) is 16.6. The van der Waals surface area contributed by atoms with Gasteiger partial charge < -0.3 is 8.97 Å². The van der Waals surface area contributed by atoms with Gasteiger partial charge in [-0.05, 0) is 52.1 Å². The fraction of sp³-hybridized carbons (Fsp3) is 0.0233. The van der Waals surface area contributed by atoms with Crippen molar-refractivity contribution in [2.45, 2.75) is 0 Å². The SMILES string of the molecule is Cn1c2ccc3c4c5ccccc5ccc4n4c5ccccc5c5ccc(-c6ccc7nc(-c8ccccc8)c(Cl)nc7c6)c1c5c2c34. The summed E-state index contributed by atoms with van der Waals surface area (Å²) in [6.07, 6.45) is 0. The Kier molecular flexibility index (Phi) is 5.07. The summed E-state index contributed by atoms with van der Waals surface area (Å²) in [6.45, 7) is 0. The van der Waals surface area contributed by atoms with E-state index in [4.69, 9.17) is 21.6 Å².